The lowest BCUT2D eigenvalue weighted by Gasteiger charge is -2.38. The largest absolute Gasteiger partial charge is 0.468 e. The van der Waals surface area contributed by atoms with Gasteiger partial charge in [0.25, 0.3) is 0 Å². The predicted molar refractivity (Wildman–Crippen MR) is 102 cm³/mol. The second-order valence-electron chi connectivity index (χ2n) is 6.76. The van der Waals surface area contributed by atoms with E-state index in [-0.39, 0.29) is 12.5 Å². The number of halogens is 4. The van der Waals surface area contributed by atoms with Crippen molar-refractivity contribution in [3.63, 3.8) is 0 Å². The summed E-state index contributed by atoms with van der Waals surface area (Å²) in [4.78, 5) is 28.3. The zero-order valence-corrected chi connectivity index (χ0v) is 16.9. The first kappa shape index (κ1) is 22.1. The van der Waals surface area contributed by atoms with Crippen molar-refractivity contribution in [3.05, 3.63) is 52.8 Å². The molecule has 2 heterocycles. The highest BCUT2D eigenvalue weighted by molar-refractivity contribution is 6.31. The lowest BCUT2D eigenvalue weighted by atomic mass is 10.0. The van der Waals surface area contributed by atoms with Crippen molar-refractivity contribution in [2.45, 2.75) is 18.8 Å². The van der Waals surface area contributed by atoms with E-state index in [0.29, 0.717) is 36.8 Å². The number of aromatic nitrogens is 2. The minimum absolute atomic E-state index is 0.291. The second kappa shape index (κ2) is 9.05. The third-order valence-corrected chi connectivity index (χ3v) is 5.23. The molecule has 1 unspecified atom stereocenters. The highest BCUT2D eigenvalue weighted by atomic mass is 35.5. The number of piperazine rings is 1. The second-order valence-corrected chi connectivity index (χ2v) is 7.17. The average molecular weight is 445 g/mol. The quantitative estimate of drug-likeness (QED) is 0.663. The van der Waals surface area contributed by atoms with Crippen LogP contribution in [0.25, 0.3) is 0 Å². The predicted octanol–water partition coefficient (Wildman–Crippen LogP) is 2.61. The molecule has 1 aliphatic heterocycles. The van der Waals surface area contributed by atoms with E-state index in [0.717, 1.165) is 16.9 Å². The number of carbonyl (C=O) groups excluding carboxylic acids is 2. The van der Waals surface area contributed by atoms with Crippen LogP contribution in [0.5, 0.6) is 0 Å². The van der Waals surface area contributed by atoms with Gasteiger partial charge in [0.15, 0.2) is 5.69 Å². The molecule has 1 atom stereocenters. The first-order valence-electron chi connectivity index (χ1n) is 9.15. The zero-order chi connectivity index (χ0) is 21.9. The molecule has 1 amide bonds. The summed E-state index contributed by atoms with van der Waals surface area (Å²) in [6.07, 6.45) is -3.43. The summed E-state index contributed by atoms with van der Waals surface area (Å²) in [5, 5.41) is 3.84. The number of alkyl halides is 3. The number of esters is 1. The Bertz CT molecular complexity index is 910. The third-order valence-electron chi connectivity index (χ3n) is 4.88. The van der Waals surface area contributed by atoms with Crippen molar-refractivity contribution in [1.29, 1.82) is 0 Å². The molecule has 0 N–H and O–H groups in total. The number of hydrogen-bond acceptors (Lipinski definition) is 5. The Morgan fingerprint density at radius 2 is 1.83 bits per heavy atom. The molecule has 1 saturated heterocycles. The molecule has 1 aromatic heterocycles. The van der Waals surface area contributed by atoms with E-state index in [9.17, 15) is 22.8 Å². The maximum absolute atomic E-state index is 12.7. The monoisotopic (exact) mass is 444 g/mol. The molecule has 0 radical (unpaired) electrons. The number of ether oxygens (including phenoxy) is 1. The fourth-order valence-corrected chi connectivity index (χ4v) is 3.59. The highest BCUT2D eigenvalue weighted by Crippen LogP contribution is 2.30. The van der Waals surface area contributed by atoms with Crippen molar-refractivity contribution < 1.29 is 27.5 Å². The van der Waals surface area contributed by atoms with Gasteiger partial charge in [0, 0.05) is 37.4 Å². The number of hydrogen-bond donors (Lipinski definition) is 0. The highest BCUT2D eigenvalue weighted by Gasteiger charge is 2.35. The summed E-state index contributed by atoms with van der Waals surface area (Å²) in [5.74, 6) is -0.807. The molecule has 3 rings (SSSR count). The maximum atomic E-state index is 12.7. The van der Waals surface area contributed by atoms with Crippen LogP contribution in [0.4, 0.5) is 13.2 Å². The summed E-state index contributed by atoms with van der Waals surface area (Å²) >= 11 is 6.25. The molecule has 0 bridgehead atoms. The van der Waals surface area contributed by atoms with E-state index >= 15 is 0 Å². The smallest absolute Gasteiger partial charge is 0.435 e. The van der Waals surface area contributed by atoms with Gasteiger partial charge in [-0.15, -0.1) is 0 Å². The van der Waals surface area contributed by atoms with Crippen LogP contribution in [0.2, 0.25) is 5.02 Å². The van der Waals surface area contributed by atoms with Gasteiger partial charge in [0.1, 0.15) is 12.6 Å². The van der Waals surface area contributed by atoms with E-state index in [1.807, 2.05) is 4.90 Å². The van der Waals surface area contributed by atoms with Gasteiger partial charge in [-0.3, -0.25) is 14.4 Å². The number of benzene rings is 1. The lowest BCUT2D eigenvalue weighted by Crippen LogP contribution is -2.51. The molecule has 0 saturated carbocycles. The van der Waals surface area contributed by atoms with Crippen molar-refractivity contribution in [2.75, 3.05) is 33.3 Å². The van der Waals surface area contributed by atoms with E-state index < -0.39 is 23.9 Å². The van der Waals surface area contributed by atoms with Gasteiger partial charge in [0.05, 0.1) is 7.11 Å². The fraction of sp³-hybridized carbons (Fsp3) is 0.421. The van der Waals surface area contributed by atoms with Crippen LogP contribution in [0, 0.1) is 0 Å². The molecular weight excluding hydrogens is 425 g/mol. The van der Waals surface area contributed by atoms with Crippen LogP contribution >= 0.6 is 11.6 Å². The summed E-state index contributed by atoms with van der Waals surface area (Å²) in [7, 11) is 1.30. The van der Waals surface area contributed by atoms with Gasteiger partial charge in [-0.1, -0.05) is 29.8 Å². The summed E-state index contributed by atoms with van der Waals surface area (Å²) in [6.45, 7) is 1.09. The van der Waals surface area contributed by atoms with Crippen LogP contribution < -0.4 is 0 Å². The Hall–Kier alpha value is -2.59. The zero-order valence-electron chi connectivity index (χ0n) is 16.1. The Balaban J connectivity index is 1.64. The normalized spacial score (nSPS) is 16.4. The lowest BCUT2D eigenvalue weighted by molar-refractivity contribution is -0.149. The third kappa shape index (κ3) is 4.93. The summed E-state index contributed by atoms with van der Waals surface area (Å²) in [6, 6.07) is 7.09. The van der Waals surface area contributed by atoms with Crippen molar-refractivity contribution in [1.82, 2.24) is 19.6 Å². The van der Waals surface area contributed by atoms with Crippen LogP contribution in [0.1, 0.15) is 17.3 Å². The van der Waals surface area contributed by atoms with Crippen molar-refractivity contribution in [2.24, 2.45) is 0 Å². The van der Waals surface area contributed by atoms with E-state index in [4.69, 9.17) is 16.3 Å². The van der Waals surface area contributed by atoms with Gasteiger partial charge in [0.2, 0.25) is 5.91 Å². The number of methoxy groups -OCH3 is 1. The van der Waals surface area contributed by atoms with Gasteiger partial charge in [-0.05, 0) is 17.7 Å². The topological polar surface area (TPSA) is 67.7 Å². The number of amides is 1. The molecule has 0 spiro atoms. The average Bonchev–Trinajstić information content (AvgIpc) is 3.19. The molecule has 0 aliphatic carbocycles. The maximum Gasteiger partial charge on any atom is 0.435 e. The molecule has 1 fully saturated rings. The molecule has 30 heavy (non-hydrogen) atoms. The van der Waals surface area contributed by atoms with E-state index in [1.54, 1.807) is 24.3 Å². The van der Waals surface area contributed by atoms with E-state index in [1.165, 1.54) is 12.0 Å². The van der Waals surface area contributed by atoms with Crippen LogP contribution in [0.15, 0.2) is 36.5 Å². The van der Waals surface area contributed by atoms with Gasteiger partial charge in [-0.25, -0.2) is 4.79 Å². The Morgan fingerprint density at radius 3 is 2.40 bits per heavy atom. The SMILES string of the molecule is COC(=O)C(c1ccccc1Cl)N1CCN(C(=O)Cn2ccc(C(F)(F)F)n2)CC1. The molecule has 162 valence electrons. The molecule has 7 nitrogen and oxygen atoms in total. The Kier molecular flexibility index (Phi) is 6.67. The Labute approximate surface area is 175 Å². The summed E-state index contributed by atoms with van der Waals surface area (Å²) in [5.41, 5.74) is -0.428. The molecule has 1 aromatic carbocycles. The molecule has 1 aliphatic rings. The van der Waals surface area contributed by atoms with Gasteiger partial charge < -0.3 is 9.64 Å². The minimum Gasteiger partial charge on any atom is -0.468 e. The first-order valence-corrected chi connectivity index (χ1v) is 9.53. The minimum atomic E-state index is -4.55. The van der Waals surface area contributed by atoms with E-state index in [2.05, 4.69) is 5.10 Å². The standard InChI is InChI=1S/C19H20ClF3N4O3/c1-30-18(29)17(13-4-2-3-5-14(13)20)26-10-8-25(9-11-26)16(28)12-27-7-6-15(24-27)19(21,22)23/h2-7,17H,8-12H2,1H3. The summed E-state index contributed by atoms with van der Waals surface area (Å²) < 4.78 is 43.9. The molecule has 11 heteroatoms. The van der Waals surface area contributed by atoms with Crippen LogP contribution in [-0.2, 0) is 27.0 Å². The number of rotatable bonds is 5. The number of carbonyl (C=O) groups is 2. The molecule has 2 aromatic rings. The van der Waals surface area contributed by atoms with Crippen molar-refractivity contribution in [3.8, 4) is 0 Å². The molecular formula is C19H20ClF3N4O3. The van der Waals surface area contributed by atoms with Crippen molar-refractivity contribution >= 4 is 23.5 Å². The number of nitrogens with zero attached hydrogens (tertiary/aromatic N) is 4. The van der Waals surface area contributed by atoms with Crippen LogP contribution in [0.3, 0.4) is 0 Å². The van der Waals surface area contributed by atoms with Crippen LogP contribution in [-0.4, -0.2) is 64.7 Å². The fourth-order valence-electron chi connectivity index (χ4n) is 3.35. The van der Waals surface area contributed by atoms with Gasteiger partial charge in [-0.2, -0.15) is 18.3 Å². The van der Waals surface area contributed by atoms with Gasteiger partial charge >= 0.3 is 12.1 Å². The Morgan fingerprint density at radius 1 is 1.17 bits per heavy atom. The first-order chi connectivity index (χ1) is 14.2.